The van der Waals surface area contributed by atoms with Crippen molar-refractivity contribution in [2.24, 2.45) is 0 Å². The molecule has 2 heterocycles. The van der Waals surface area contributed by atoms with E-state index in [9.17, 15) is 28.3 Å². The third kappa shape index (κ3) is 4.92. The SMILES string of the molecule is CC(C)N1C[C@]2(C[C@H](OCc3ccccc3)C2)n2cc(C(=O)NCc3ccc(F)cc3F)c(=O)c(O)c2C1=O. The summed E-state index contributed by atoms with van der Waals surface area (Å²) >= 11 is 0. The number of benzene rings is 2. The molecule has 204 valence electrons. The Bertz CT molecular complexity index is 1480. The van der Waals surface area contributed by atoms with Gasteiger partial charge in [-0.3, -0.25) is 14.4 Å². The fraction of sp³-hybridized carbons (Fsp3) is 0.345. The molecule has 3 aromatic rings. The van der Waals surface area contributed by atoms with E-state index in [1.807, 2.05) is 44.2 Å². The molecule has 2 aliphatic rings. The number of carbonyl (C=O) groups excluding carboxylic acids is 2. The van der Waals surface area contributed by atoms with Crippen molar-refractivity contribution in [1.82, 2.24) is 14.8 Å². The van der Waals surface area contributed by atoms with Crippen LogP contribution in [0.5, 0.6) is 5.75 Å². The van der Waals surface area contributed by atoms with Crippen LogP contribution < -0.4 is 10.7 Å². The molecule has 1 aliphatic heterocycles. The molecule has 1 aliphatic carbocycles. The molecule has 0 unspecified atom stereocenters. The second-order valence-corrected chi connectivity index (χ2v) is 10.4. The van der Waals surface area contributed by atoms with Gasteiger partial charge in [-0.2, -0.15) is 0 Å². The highest BCUT2D eigenvalue weighted by molar-refractivity contribution is 5.99. The number of aromatic nitrogens is 1. The first-order valence-electron chi connectivity index (χ1n) is 12.8. The van der Waals surface area contributed by atoms with Gasteiger partial charge in [-0.15, -0.1) is 0 Å². The molecule has 8 nitrogen and oxygen atoms in total. The number of aromatic hydroxyl groups is 1. The average Bonchev–Trinajstić information content (AvgIpc) is 2.88. The van der Waals surface area contributed by atoms with E-state index in [2.05, 4.69) is 5.32 Å². The lowest BCUT2D eigenvalue weighted by Gasteiger charge is -2.55. The molecule has 0 atom stereocenters. The number of rotatable bonds is 7. The number of halogens is 2. The van der Waals surface area contributed by atoms with Crippen LogP contribution in [-0.2, 0) is 23.4 Å². The van der Waals surface area contributed by atoms with Crippen molar-refractivity contribution in [2.45, 2.75) is 57.5 Å². The Kier molecular flexibility index (Phi) is 6.98. The lowest BCUT2D eigenvalue weighted by Crippen LogP contribution is -2.63. The molecule has 0 saturated heterocycles. The molecule has 5 rings (SSSR count). The molecular weight excluding hydrogens is 508 g/mol. The van der Waals surface area contributed by atoms with Gasteiger partial charge >= 0.3 is 0 Å². The molecular formula is C29H29F2N3O5. The van der Waals surface area contributed by atoms with Gasteiger partial charge in [0, 0.05) is 37.0 Å². The van der Waals surface area contributed by atoms with E-state index in [1.165, 1.54) is 12.3 Å². The van der Waals surface area contributed by atoms with Gasteiger partial charge in [-0.25, -0.2) is 8.78 Å². The van der Waals surface area contributed by atoms with Crippen LogP contribution in [0, 0.1) is 11.6 Å². The molecule has 2 N–H and O–H groups in total. The van der Waals surface area contributed by atoms with E-state index < -0.39 is 40.2 Å². The molecule has 39 heavy (non-hydrogen) atoms. The van der Waals surface area contributed by atoms with Crippen molar-refractivity contribution in [2.75, 3.05) is 6.54 Å². The van der Waals surface area contributed by atoms with Gasteiger partial charge in [-0.1, -0.05) is 36.4 Å². The Morgan fingerprint density at radius 2 is 1.87 bits per heavy atom. The summed E-state index contributed by atoms with van der Waals surface area (Å²) in [6.07, 6.45) is 2.19. The molecule has 0 bridgehead atoms. The maximum absolute atomic E-state index is 14.0. The summed E-state index contributed by atoms with van der Waals surface area (Å²) in [6, 6.07) is 12.5. The van der Waals surface area contributed by atoms with Crippen molar-refractivity contribution >= 4 is 11.8 Å². The fourth-order valence-corrected chi connectivity index (χ4v) is 5.32. The van der Waals surface area contributed by atoms with E-state index >= 15 is 0 Å². The zero-order valence-electron chi connectivity index (χ0n) is 21.6. The van der Waals surface area contributed by atoms with Crippen LogP contribution in [0.1, 0.15) is 58.7 Å². The predicted molar refractivity (Wildman–Crippen MR) is 138 cm³/mol. The van der Waals surface area contributed by atoms with Crippen molar-refractivity contribution in [3.05, 3.63) is 99.0 Å². The largest absolute Gasteiger partial charge is 0.503 e. The average molecular weight is 538 g/mol. The number of hydrogen-bond acceptors (Lipinski definition) is 5. The van der Waals surface area contributed by atoms with E-state index in [-0.39, 0.29) is 35.5 Å². The van der Waals surface area contributed by atoms with Gasteiger partial charge in [0.1, 0.15) is 17.2 Å². The second kappa shape index (κ2) is 10.3. The zero-order chi connectivity index (χ0) is 27.9. The normalized spacial score (nSPS) is 20.2. The summed E-state index contributed by atoms with van der Waals surface area (Å²) in [6.45, 7) is 4.16. The summed E-state index contributed by atoms with van der Waals surface area (Å²) < 4.78 is 34.9. The van der Waals surface area contributed by atoms with Gasteiger partial charge < -0.3 is 24.6 Å². The zero-order valence-corrected chi connectivity index (χ0v) is 21.6. The molecule has 10 heteroatoms. The number of pyridine rings is 1. The number of ether oxygens (including phenoxy) is 1. The molecule has 1 fully saturated rings. The minimum Gasteiger partial charge on any atom is -0.503 e. The Hall–Kier alpha value is -4.05. The number of hydrogen-bond donors (Lipinski definition) is 2. The number of fused-ring (bicyclic) bond motifs is 2. The Labute approximate surface area is 223 Å². The second-order valence-electron chi connectivity index (χ2n) is 10.4. The number of carbonyl (C=O) groups is 2. The van der Waals surface area contributed by atoms with E-state index in [0.29, 0.717) is 32.1 Å². The summed E-state index contributed by atoms with van der Waals surface area (Å²) in [4.78, 5) is 40.9. The number of amides is 2. The lowest BCUT2D eigenvalue weighted by molar-refractivity contribution is -0.0969. The van der Waals surface area contributed by atoms with E-state index in [1.54, 1.807) is 9.47 Å². The highest BCUT2D eigenvalue weighted by Gasteiger charge is 2.53. The topological polar surface area (TPSA) is 101 Å². The fourth-order valence-electron chi connectivity index (χ4n) is 5.32. The van der Waals surface area contributed by atoms with Crippen LogP contribution in [-0.4, -0.2) is 45.1 Å². The summed E-state index contributed by atoms with van der Waals surface area (Å²) in [5.41, 5.74) is -1.16. The summed E-state index contributed by atoms with van der Waals surface area (Å²) in [5, 5.41) is 13.3. The van der Waals surface area contributed by atoms with Crippen molar-refractivity contribution < 1.29 is 28.2 Å². The van der Waals surface area contributed by atoms with Crippen LogP contribution in [0.2, 0.25) is 0 Å². The third-order valence-corrected chi connectivity index (χ3v) is 7.49. The van der Waals surface area contributed by atoms with Gasteiger partial charge in [-0.05, 0) is 38.3 Å². The highest BCUT2D eigenvalue weighted by Crippen LogP contribution is 2.46. The summed E-state index contributed by atoms with van der Waals surface area (Å²) in [5.74, 6) is -3.75. The first-order chi connectivity index (χ1) is 18.6. The van der Waals surface area contributed by atoms with Crippen molar-refractivity contribution in [3.8, 4) is 5.75 Å². The monoisotopic (exact) mass is 537 g/mol. The Morgan fingerprint density at radius 1 is 1.15 bits per heavy atom. The standard InChI is InChI=1S/C29H29F2N3O5/c1-17(2)33-16-29(11-21(12-29)39-15-18-6-4-3-5-7-18)34-14-22(25(35)26(36)24(34)28(33)38)27(37)32-13-19-8-9-20(30)10-23(19)31/h3-10,14,17,21,36H,11-13,15-16H2,1-2H3,(H,32,37)/t21-,29+. The van der Waals surface area contributed by atoms with Crippen molar-refractivity contribution in [1.29, 1.82) is 0 Å². The Balaban J connectivity index is 1.43. The van der Waals surface area contributed by atoms with Crippen molar-refractivity contribution in [3.63, 3.8) is 0 Å². The van der Waals surface area contributed by atoms with Crippen LogP contribution in [0.4, 0.5) is 8.78 Å². The molecule has 0 radical (unpaired) electrons. The van der Waals surface area contributed by atoms with Gasteiger partial charge in [0.05, 0.1) is 18.2 Å². The van der Waals surface area contributed by atoms with Gasteiger partial charge in [0.15, 0.2) is 11.4 Å². The molecule has 2 aromatic carbocycles. The number of nitrogens with zero attached hydrogens (tertiary/aromatic N) is 2. The third-order valence-electron chi connectivity index (χ3n) is 7.49. The first kappa shape index (κ1) is 26.6. The first-order valence-corrected chi connectivity index (χ1v) is 12.8. The van der Waals surface area contributed by atoms with E-state index in [0.717, 1.165) is 11.6 Å². The maximum Gasteiger partial charge on any atom is 0.274 e. The Morgan fingerprint density at radius 3 is 2.54 bits per heavy atom. The van der Waals surface area contributed by atoms with Gasteiger partial charge in [0.25, 0.3) is 11.8 Å². The van der Waals surface area contributed by atoms with Crippen LogP contribution in [0.15, 0.2) is 59.5 Å². The molecule has 1 saturated carbocycles. The van der Waals surface area contributed by atoms with Crippen LogP contribution in [0.25, 0.3) is 0 Å². The minimum absolute atomic E-state index is 0.0312. The number of nitrogens with one attached hydrogen (secondary N) is 1. The molecule has 1 aromatic heterocycles. The molecule has 1 spiro atoms. The van der Waals surface area contributed by atoms with E-state index in [4.69, 9.17) is 4.74 Å². The highest BCUT2D eigenvalue weighted by atomic mass is 19.1. The van der Waals surface area contributed by atoms with Gasteiger partial charge in [0.2, 0.25) is 5.43 Å². The van der Waals surface area contributed by atoms with Crippen LogP contribution >= 0.6 is 0 Å². The summed E-state index contributed by atoms with van der Waals surface area (Å²) in [7, 11) is 0. The maximum atomic E-state index is 14.0. The smallest absolute Gasteiger partial charge is 0.274 e. The quantitative estimate of drug-likeness (QED) is 0.479. The lowest BCUT2D eigenvalue weighted by atomic mass is 9.71. The van der Waals surface area contributed by atoms with Crippen LogP contribution in [0.3, 0.4) is 0 Å². The minimum atomic E-state index is -0.997. The predicted octanol–water partition coefficient (Wildman–Crippen LogP) is 3.70. The molecule has 2 amide bonds.